The number of ether oxygens (including phenoxy) is 6. The molecule has 0 saturated carbocycles. The number of benzene rings is 8. The second kappa shape index (κ2) is 33.9. The molecule has 0 atom stereocenters. The van der Waals surface area contributed by atoms with Gasteiger partial charge in [0, 0.05) is 0 Å². The number of rotatable bonds is 19. The molecule has 21 heteroatoms. The molecule has 0 amide bonds. The number of hydrogen-bond donors (Lipinski definition) is 6. The van der Waals surface area contributed by atoms with Crippen LogP contribution in [0.15, 0.2) is 174 Å². The summed E-state index contributed by atoms with van der Waals surface area (Å²) in [6.07, 6.45) is 13.6. The molecule has 95 heavy (non-hydrogen) atoms. The van der Waals surface area contributed by atoms with Crippen molar-refractivity contribution >= 4 is 92.9 Å². The van der Waals surface area contributed by atoms with Gasteiger partial charge in [0.15, 0.2) is 0 Å². The Labute approximate surface area is 570 Å². The fourth-order valence-electron chi connectivity index (χ4n) is 9.25. The van der Waals surface area contributed by atoms with Crippen LogP contribution in [0.3, 0.4) is 0 Å². The van der Waals surface area contributed by atoms with Crippen molar-refractivity contribution in [3.05, 3.63) is 216 Å². The van der Waals surface area contributed by atoms with Crippen LogP contribution in [0.4, 0.5) is 0 Å². The Morgan fingerprint density at radius 2 is 0.642 bits per heavy atom. The topological polar surface area (TPSA) is 214 Å². The zero-order chi connectivity index (χ0) is 69.1. The summed E-state index contributed by atoms with van der Waals surface area (Å²) < 4.78 is 59.9. The SMILES string of the molecule is COc1ccc(/C=C/[I-]c2cc(OC)cc(B3OC(C)(C)C(C)(C)O3)c2)cc1.COc1ccc(/C=C/c2cc(OC)cc(B(O)O)c2)cc1.COc1ccc(/C=C/c2cc(OC)cc(B3OC(C)(C)C(C)(C)O3)c2)cc1.OB(O)c1cc(O)cc(/C=C/c2ccc(O)cc2)c1. The molecule has 16 nitrogen and oxygen atoms in total. The molecule has 2 saturated heterocycles. The van der Waals surface area contributed by atoms with Crippen molar-refractivity contribution in [2.45, 2.75) is 77.8 Å². The monoisotopic (exact) mass is 1400 g/mol. The van der Waals surface area contributed by atoms with Gasteiger partial charge in [0.05, 0.1) is 39.6 Å². The van der Waals surface area contributed by atoms with Crippen LogP contribution in [-0.2, 0) is 18.6 Å². The Bertz CT molecular complexity index is 3860. The van der Waals surface area contributed by atoms with Gasteiger partial charge in [0.2, 0.25) is 0 Å². The molecule has 8 aromatic rings. The minimum absolute atomic E-state index is 0.0315. The summed E-state index contributed by atoms with van der Waals surface area (Å²) in [6, 6.07) is 52.1. The molecule has 496 valence electrons. The first-order valence-electron chi connectivity index (χ1n) is 30.5. The molecule has 2 aliphatic heterocycles. The third-order valence-corrected chi connectivity index (χ3v) is 18.3. The van der Waals surface area contributed by atoms with Crippen LogP contribution in [0.1, 0.15) is 94.3 Å². The van der Waals surface area contributed by atoms with Crippen LogP contribution in [0.2, 0.25) is 0 Å². The zero-order valence-corrected chi connectivity index (χ0v) is 58.4. The van der Waals surface area contributed by atoms with Crippen LogP contribution in [-0.4, -0.2) is 124 Å². The van der Waals surface area contributed by atoms with Crippen molar-refractivity contribution in [2.75, 3.05) is 42.7 Å². The number of halogens is 1. The van der Waals surface area contributed by atoms with E-state index in [1.54, 1.807) is 97.3 Å². The molecule has 2 fully saturated rings. The third-order valence-electron chi connectivity index (χ3n) is 16.2. The van der Waals surface area contributed by atoms with Gasteiger partial charge in [-0.2, -0.15) is 0 Å². The Morgan fingerprint density at radius 3 is 1.03 bits per heavy atom. The van der Waals surface area contributed by atoms with E-state index in [4.69, 9.17) is 62.2 Å². The van der Waals surface area contributed by atoms with E-state index in [1.807, 2.05) is 97.1 Å². The maximum absolute atomic E-state index is 9.49. The van der Waals surface area contributed by atoms with Crippen LogP contribution >= 0.6 is 0 Å². The maximum Gasteiger partial charge on any atom is 0.494 e. The van der Waals surface area contributed by atoms with E-state index >= 15 is 0 Å². The van der Waals surface area contributed by atoms with Gasteiger partial charge >= 0.3 is 200 Å². The molecule has 0 bridgehead atoms. The first kappa shape index (κ1) is 74.2. The van der Waals surface area contributed by atoms with Crippen molar-refractivity contribution in [3.63, 3.8) is 0 Å². The number of methoxy groups -OCH3 is 6. The van der Waals surface area contributed by atoms with Gasteiger partial charge < -0.3 is 58.6 Å². The summed E-state index contributed by atoms with van der Waals surface area (Å²) in [6.45, 7) is 16.5. The Hall–Kier alpha value is -8.21. The Balaban J connectivity index is 0.000000181. The summed E-state index contributed by atoms with van der Waals surface area (Å²) in [5.74, 6) is 4.87. The van der Waals surface area contributed by atoms with Gasteiger partial charge in [-0.15, -0.1) is 0 Å². The van der Waals surface area contributed by atoms with Gasteiger partial charge in [-0.1, -0.05) is 91.1 Å². The quantitative estimate of drug-likeness (QED) is 0.0261. The average molecular weight is 1400 g/mol. The van der Waals surface area contributed by atoms with E-state index in [2.05, 4.69) is 108 Å². The standard InChI is InChI=1S/C22H27BIO4.C22H27BO4.C16H17BO4.C14H13BO4/c1-21(2)22(3,4)28-23(27-21)17-13-18(15-20(14-17)26-6)24-12-11-16-7-9-19(25-5)10-8-16;1-21(2)22(3,4)27-23(26-21)18-13-17(14-20(15-18)25-6)8-7-16-9-11-19(24-5)12-10-16;1-20-15-7-5-12(6-8-15)3-4-13-9-14(17(18)19)11-16(10-13)21-2;16-13-5-3-10(4-6-13)1-2-11-7-12(15(18)19)9-14(17)8-11/h7-15H,1-6H3;7-15H,1-6H3;3-11,18-19H,1-2H3;1-9,16-19H/q-1;;;/b12-11+;8-7+;4-3+;2-1+. The zero-order valence-electron chi connectivity index (χ0n) is 56.2. The smallest absolute Gasteiger partial charge is 0.494 e. The third kappa shape index (κ3) is 21.7. The van der Waals surface area contributed by atoms with E-state index in [-0.39, 0.29) is 67.7 Å². The van der Waals surface area contributed by atoms with Crippen LogP contribution in [0.25, 0.3) is 42.5 Å². The molecule has 0 radical (unpaired) electrons. The Kier molecular flexibility index (Phi) is 26.5. The van der Waals surface area contributed by atoms with E-state index in [1.165, 1.54) is 15.7 Å². The van der Waals surface area contributed by atoms with Crippen molar-refractivity contribution < 1.29 is 98.6 Å². The van der Waals surface area contributed by atoms with Gasteiger partial charge in [-0.05, 0) is 150 Å². The summed E-state index contributed by atoms with van der Waals surface area (Å²) in [5, 5.41) is 55.4. The van der Waals surface area contributed by atoms with Crippen molar-refractivity contribution in [3.8, 4) is 46.0 Å². The molecule has 2 heterocycles. The number of phenols is 2. The molecule has 0 aliphatic carbocycles. The summed E-state index contributed by atoms with van der Waals surface area (Å²) >= 11 is -0.318. The molecular weight excluding hydrogens is 1310 g/mol. The van der Waals surface area contributed by atoms with E-state index < -0.39 is 21.4 Å². The largest absolute Gasteiger partial charge is 0.508 e. The van der Waals surface area contributed by atoms with Crippen molar-refractivity contribution in [1.29, 1.82) is 0 Å². The molecule has 0 spiro atoms. The summed E-state index contributed by atoms with van der Waals surface area (Å²) in [5.41, 5.74) is 7.76. The minimum Gasteiger partial charge on any atom is -0.508 e. The second-order valence-corrected chi connectivity index (χ2v) is 26.7. The molecule has 10 rings (SSSR count). The number of hydrogen-bond acceptors (Lipinski definition) is 16. The molecule has 2 aliphatic rings. The fourth-order valence-corrected chi connectivity index (χ4v) is 11.3. The molecule has 0 unspecified atom stereocenters. The van der Waals surface area contributed by atoms with Crippen molar-refractivity contribution in [2.24, 2.45) is 0 Å². The average Bonchev–Trinajstić information content (AvgIpc) is 1.63. The summed E-state index contributed by atoms with van der Waals surface area (Å²) in [7, 11) is 5.93. The first-order valence-corrected chi connectivity index (χ1v) is 32.9. The van der Waals surface area contributed by atoms with Crippen LogP contribution in [0.5, 0.6) is 46.0 Å². The second-order valence-electron chi connectivity index (χ2n) is 24.1. The minimum atomic E-state index is -1.62. The molecule has 6 N–H and O–H groups in total. The normalized spacial score (nSPS) is 15.0. The molecular formula is C74H84B4IO16-. The summed E-state index contributed by atoms with van der Waals surface area (Å²) in [4.78, 5) is 0. The molecule has 0 aromatic heterocycles. The van der Waals surface area contributed by atoms with E-state index in [9.17, 15) is 15.2 Å². The predicted molar refractivity (Wildman–Crippen MR) is 380 cm³/mol. The van der Waals surface area contributed by atoms with Gasteiger partial charge in [-0.3, -0.25) is 0 Å². The predicted octanol–water partition coefficient (Wildman–Crippen LogP) is 7.61. The van der Waals surface area contributed by atoms with E-state index in [0.717, 1.165) is 73.1 Å². The van der Waals surface area contributed by atoms with Crippen LogP contribution in [0, 0.1) is 3.57 Å². The van der Waals surface area contributed by atoms with E-state index in [0.29, 0.717) is 16.8 Å². The van der Waals surface area contributed by atoms with Gasteiger partial charge in [0.1, 0.15) is 34.5 Å². The van der Waals surface area contributed by atoms with Crippen LogP contribution < -0.4 is 71.5 Å². The Morgan fingerprint density at radius 1 is 0.326 bits per heavy atom. The molecule has 8 aromatic carbocycles. The number of phenolic OH excluding ortho intramolecular Hbond substituents is 2. The van der Waals surface area contributed by atoms with Gasteiger partial charge in [-0.25, -0.2) is 0 Å². The maximum atomic E-state index is 9.49. The van der Waals surface area contributed by atoms with Crippen molar-refractivity contribution in [1.82, 2.24) is 0 Å². The first-order chi connectivity index (χ1) is 45.1. The number of aromatic hydroxyl groups is 2. The van der Waals surface area contributed by atoms with Gasteiger partial charge in [0.25, 0.3) is 0 Å². The fraction of sp³-hybridized carbons (Fsp3) is 0.243.